The number of hydrogen-bond acceptors (Lipinski definition) is 9. The van der Waals surface area contributed by atoms with Gasteiger partial charge in [0, 0.05) is 17.1 Å². The van der Waals surface area contributed by atoms with Gasteiger partial charge in [0.05, 0.1) is 11.4 Å². The van der Waals surface area contributed by atoms with Crippen LogP contribution in [0.15, 0.2) is 38.5 Å². The molecule has 1 aliphatic heterocycles. The van der Waals surface area contributed by atoms with E-state index < -0.39 is 5.91 Å². The molecule has 3 N–H and O–H groups in total. The molecule has 1 amide bonds. The van der Waals surface area contributed by atoms with Crippen molar-refractivity contribution in [3.63, 3.8) is 0 Å². The molecule has 1 aliphatic rings. The van der Waals surface area contributed by atoms with E-state index in [1.54, 1.807) is 0 Å². The van der Waals surface area contributed by atoms with Gasteiger partial charge in [-0.1, -0.05) is 39.7 Å². The topological polar surface area (TPSA) is 140 Å². The highest BCUT2D eigenvalue weighted by Gasteiger charge is 2.28. The van der Waals surface area contributed by atoms with E-state index in [1.165, 1.54) is 11.1 Å². The van der Waals surface area contributed by atoms with Crippen LogP contribution in [-0.4, -0.2) is 54.4 Å². The molecular formula is C20H24BrN9O2. The Hall–Kier alpha value is -3.12. The molecule has 0 saturated carbocycles. The van der Waals surface area contributed by atoms with Crippen molar-refractivity contribution in [3.05, 3.63) is 45.7 Å². The summed E-state index contributed by atoms with van der Waals surface area (Å²) in [5.74, 6) is -0.202. The minimum Gasteiger partial charge on any atom is -0.378 e. The summed E-state index contributed by atoms with van der Waals surface area (Å²) in [6.07, 6.45) is 3.37. The fourth-order valence-corrected chi connectivity index (χ4v) is 3.92. The van der Waals surface area contributed by atoms with Gasteiger partial charge in [0.2, 0.25) is 11.6 Å². The second-order valence-electron chi connectivity index (χ2n) is 7.73. The number of nitrogens with one attached hydrogen (secondary N) is 1. The van der Waals surface area contributed by atoms with Crippen LogP contribution in [0.3, 0.4) is 0 Å². The van der Waals surface area contributed by atoms with Crippen molar-refractivity contribution in [1.82, 2.24) is 35.6 Å². The number of carbonyl (C=O) groups is 1. The summed E-state index contributed by atoms with van der Waals surface area (Å²) in [6.45, 7) is 5.36. The molecule has 3 aromatic rings. The summed E-state index contributed by atoms with van der Waals surface area (Å²) in [4.78, 5) is 15.3. The Balaban J connectivity index is 1.61. The van der Waals surface area contributed by atoms with E-state index in [0.717, 1.165) is 29.4 Å². The molecule has 168 valence electrons. The molecule has 1 atom stereocenters. The highest BCUT2D eigenvalue weighted by atomic mass is 79.9. The Morgan fingerprint density at radius 3 is 2.78 bits per heavy atom. The summed E-state index contributed by atoms with van der Waals surface area (Å²) in [6, 6.07) is 8.02. The Labute approximate surface area is 193 Å². The first kappa shape index (κ1) is 22.1. The second kappa shape index (κ2) is 9.57. The molecule has 12 heteroatoms. The number of carbonyl (C=O) groups excluding carboxylic acids is 1. The van der Waals surface area contributed by atoms with Gasteiger partial charge in [-0.2, -0.15) is 9.78 Å². The van der Waals surface area contributed by atoms with Crippen LogP contribution in [0.4, 0.5) is 5.82 Å². The molecule has 1 saturated heterocycles. The maximum atomic E-state index is 13.0. The van der Waals surface area contributed by atoms with Crippen molar-refractivity contribution < 1.29 is 9.42 Å². The Bertz CT molecular complexity index is 1120. The van der Waals surface area contributed by atoms with Crippen LogP contribution in [0, 0.1) is 0 Å². The van der Waals surface area contributed by atoms with E-state index in [1.807, 2.05) is 31.2 Å². The van der Waals surface area contributed by atoms with Crippen molar-refractivity contribution in [2.45, 2.75) is 45.7 Å². The highest BCUT2D eigenvalue weighted by Crippen LogP contribution is 2.22. The van der Waals surface area contributed by atoms with Gasteiger partial charge in [-0.15, -0.1) is 5.10 Å². The average Bonchev–Trinajstić information content (AvgIpc) is 3.39. The molecule has 0 aliphatic carbocycles. The number of rotatable bonds is 6. The number of halogens is 1. The first-order valence-electron chi connectivity index (χ1n) is 10.3. The van der Waals surface area contributed by atoms with Crippen molar-refractivity contribution in [1.29, 1.82) is 0 Å². The van der Waals surface area contributed by atoms with Crippen LogP contribution in [0.2, 0.25) is 0 Å². The van der Waals surface area contributed by atoms with Gasteiger partial charge in [-0.3, -0.25) is 9.69 Å². The summed E-state index contributed by atoms with van der Waals surface area (Å²) in [7, 11) is 0. The standard InChI is InChI=1S/C20H24BrN9O2/c1-12-5-3-4-10-29(12)11-16-17(24-28-30(16)19-18(22)26-32-27-19)20(31)25-23-13(2)14-6-8-15(21)9-7-14/h6-9,12H,3-5,10-11H2,1-2H3,(H2,22,26)(H,25,31)/b23-13+/t12-/m0/s1. The molecule has 1 aromatic carbocycles. The number of hydrazone groups is 1. The van der Waals surface area contributed by atoms with E-state index in [-0.39, 0.29) is 17.3 Å². The van der Waals surface area contributed by atoms with Crippen LogP contribution >= 0.6 is 15.9 Å². The third-order valence-corrected chi connectivity index (χ3v) is 6.08. The zero-order valence-corrected chi connectivity index (χ0v) is 19.4. The molecule has 2 aromatic heterocycles. The molecule has 0 bridgehead atoms. The zero-order chi connectivity index (χ0) is 22.7. The van der Waals surface area contributed by atoms with Crippen LogP contribution in [0.5, 0.6) is 0 Å². The number of benzene rings is 1. The molecular weight excluding hydrogens is 478 g/mol. The van der Waals surface area contributed by atoms with Gasteiger partial charge in [0.15, 0.2) is 5.69 Å². The molecule has 32 heavy (non-hydrogen) atoms. The minimum absolute atomic E-state index is 0.0684. The number of likely N-dealkylation sites (tertiary alicyclic amines) is 1. The van der Waals surface area contributed by atoms with Crippen molar-refractivity contribution in [3.8, 4) is 5.82 Å². The molecule has 1 fully saturated rings. The molecule has 4 rings (SSSR count). The molecule has 3 heterocycles. The van der Waals surface area contributed by atoms with Gasteiger partial charge >= 0.3 is 0 Å². The van der Waals surface area contributed by atoms with E-state index in [4.69, 9.17) is 10.4 Å². The average molecular weight is 502 g/mol. The molecule has 0 spiro atoms. The smallest absolute Gasteiger partial charge is 0.293 e. The van der Waals surface area contributed by atoms with Gasteiger partial charge in [-0.25, -0.2) is 10.1 Å². The number of nitrogen functional groups attached to an aromatic ring is 1. The maximum Gasteiger partial charge on any atom is 0.293 e. The predicted octanol–water partition coefficient (Wildman–Crippen LogP) is 2.52. The summed E-state index contributed by atoms with van der Waals surface area (Å²) < 4.78 is 7.09. The number of anilines is 1. The van der Waals surface area contributed by atoms with Crippen LogP contribution < -0.4 is 11.2 Å². The third-order valence-electron chi connectivity index (χ3n) is 5.56. The summed E-state index contributed by atoms with van der Waals surface area (Å²) in [5.41, 5.74) is 10.7. The lowest BCUT2D eigenvalue weighted by Crippen LogP contribution is -2.38. The van der Waals surface area contributed by atoms with Crippen molar-refractivity contribution in [2.75, 3.05) is 12.3 Å². The molecule has 11 nitrogen and oxygen atoms in total. The first-order valence-corrected chi connectivity index (χ1v) is 11.1. The normalized spacial score (nSPS) is 17.5. The van der Waals surface area contributed by atoms with E-state index in [2.05, 4.69) is 58.9 Å². The lowest BCUT2D eigenvalue weighted by Gasteiger charge is -2.33. The Kier molecular flexibility index (Phi) is 6.61. The minimum atomic E-state index is -0.470. The van der Waals surface area contributed by atoms with Gasteiger partial charge < -0.3 is 5.73 Å². The first-order chi connectivity index (χ1) is 15.4. The summed E-state index contributed by atoms with van der Waals surface area (Å²) in [5, 5.41) is 19.9. The Morgan fingerprint density at radius 1 is 1.31 bits per heavy atom. The highest BCUT2D eigenvalue weighted by molar-refractivity contribution is 9.10. The van der Waals surface area contributed by atoms with Crippen LogP contribution in [0.1, 0.15) is 54.9 Å². The fourth-order valence-electron chi connectivity index (χ4n) is 3.66. The van der Waals surface area contributed by atoms with Crippen LogP contribution in [0.25, 0.3) is 5.82 Å². The SMILES string of the molecule is C/C(=N\NC(=O)c1nnn(-c2nonc2N)c1CN1CCCC[C@@H]1C)c1ccc(Br)cc1. The predicted molar refractivity (Wildman–Crippen MR) is 121 cm³/mol. The fraction of sp³-hybridized carbons (Fsp3) is 0.400. The van der Waals surface area contributed by atoms with Gasteiger partial charge in [0.25, 0.3) is 5.91 Å². The monoisotopic (exact) mass is 501 g/mol. The Morgan fingerprint density at radius 2 is 2.09 bits per heavy atom. The lowest BCUT2D eigenvalue weighted by atomic mass is 10.0. The zero-order valence-electron chi connectivity index (χ0n) is 17.8. The quantitative estimate of drug-likeness (QED) is 0.387. The van der Waals surface area contributed by atoms with E-state index >= 15 is 0 Å². The number of piperidine rings is 1. The van der Waals surface area contributed by atoms with Crippen molar-refractivity contribution in [2.24, 2.45) is 5.10 Å². The van der Waals surface area contributed by atoms with Gasteiger partial charge in [0.1, 0.15) is 0 Å². The van der Waals surface area contributed by atoms with E-state index in [9.17, 15) is 4.79 Å². The van der Waals surface area contributed by atoms with Crippen LogP contribution in [-0.2, 0) is 6.54 Å². The number of hydrogen-bond donors (Lipinski definition) is 2. The van der Waals surface area contributed by atoms with Gasteiger partial charge in [-0.05, 0) is 61.2 Å². The number of nitrogens with two attached hydrogens (primary N) is 1. The largest absolute Gasteiger partial charge is 0.378 e. The maximum absolute atomic E-state index is 13.0. The number of amides is 1. The molecule has 0 radical (unpaired) electrons. The third kappa shape index (κ3) is 4.70. The summed E-state index contributed by atoms with van der Waals surface area (Å²) >= 11 is 3.41. The number of aromatic nitrogens is 5. The number of nitrogens with zero attached hydrogens (tertiary/aromatic N) is 7. The second-order valence-corrected chi connectivity index (χ2v) is 8.65. The van der Waals surface area contributed by atoms with Crippen molar-refractivity contribution >= 4 is 33.4 Å². The lowest BCUT2D eigenvalue weighted by molar-refractivity contribution is 0.0944. The van der Waals surface area contributed by atoms with E-state index in [0.29, 0.717) is 24.0 Å². The molecule has 0 unspecified atom stereocenters.